The van der Waals surface area contributed by atoms with Gasteiger partial charge in [-0.1, -0.05) is 11.6 Å². The molecule has 1 fully saturated rings. The molecular weight excluding hydrogens is 242 g/mol. The minimum atomic E-state index is 0.149. The van der Waals surface area contributed by atoms with Crippen molar-refractivity contribution in [1.29, 1.82) is 0 Å². The number of halogens is 1. The van der Waals surface area contributed by atoms with Crippen LogP contribution in [0.4, 0.5) is 11.8 Å². The highest BCUT2D eigenvalue weighted by atomic mass is 35.5. The highest BCUT2D eigenvalue weighted by Gasteiger charge is 2.23. The van der Waals surface area contributed by atoms with Gasteiger partial charge in [0, 0.05) is 6.61 Å². The molecule has 1 aliphatic heterocycles. The first-order valence-electron chi connectivity index (χ1n) is 5.58. The summed E-state index contributed by atoms with van der Waals surface area (Å²) in [5, 5.41) is 3.69. The van der Waals surface area contributed by atoms with Crippen LogP contribution in [0.5, 0.6) is 0 Å². The van der Waals surface area contributed by atoms with Gasteiger partial charge in [-0.3, -0.25) is 5.43 Å². The maximum absolute atomic E-state index is 6.01. The van der Waals surface area contributed by atoms with E-state index in [1.54, 1.807) is 0 Å². The van der Waals surface area contributed by atoms with E-state index in [0.717, 1.165) is 19.4 Å². The van der Waals surface area contributed by atoms with E-state index in [4.69, 9.17) is 22.2 Å². The smallest absolute Gasteiger partial charge is 0.239 e. The molecule has 0 amide bonds. The molecule has 2 rings (SSSR count). The van der Waals surface area contributed by atoms with E-state index in [0.29, 0.717) is 16.8 Å². The van der Waals surface area contributed by atoms with Gasteiger partial charge in [-0.25, -0.2) is 10.8 Å². The molecule has 7 heteroatoms. The second-order valence-corrected chi connectivity index (χ2v) is 4.43. The van der Waals surface area contributed by atoms with Gasteiger partial charge in [-0.15, -0.1) is 0 Å². The van der Waals surface area contributed by atoms with Crippen molar-refractivity contribution in [2.24, 2.45) is 5.84 Å². The Hall–Kier alpha value is -1.11. The van der Waals surface area contributed by atoms with Crippen molar-refractivity contribution in [3.63, 3.8) is 0 Å². The highest BCUT2D eigenvalue weighted by molar-refractivity contribution is 6.32. The van der Waals surface area contributed by atoms with Crippen LogP contribution in [0.15, 0.2) is 6.20 Å². The number of anilines is 2. The molecular formula is C10H16ClN5O. The van der Waals surface area contributed by atoms with Crippen molar-refractivity contribution >= 4 is 23.4 Å². The Bertz CT molecular complexity index is 383. The quantitative estimate of drug-likeness (QED) is 0.558. The maximum atomic E-state index is 6.01. The maximum Gasteiger partial charge on any atom is 0.239 e. The lowest BCUT2D eigenvalue weighted by atomic mass is 10.1. The molecule has 94 valence electrons. The first-order chi connectivity index (χ1) is 8.20. The van der Waals surface area contributed by atoms with Crippen LogP contribution >= 0.6 is 11.6 Å². The van der Waals surface area contributed by atoms with Gasteiger partial charge >= 0.3 is 0 Å². The molecule has 0 aliphatic carbocycles. The molecule has 0 spiro atoms. The lowest BCUT2D eigenvalue weighted by Crippen LogP contribution is -2.30. The van der Waals surface area contributed by atoms with Crippen molar-refractivity contribution in [2.75, 3.05) is 17.3 Å². The number of nitrogens with one attached hydrogen (secondary N) is 2. The van der Waals surface area contributed by atoms with Gasteiger partial charge in [0.2, 0.25) is 5.95 Å². The number of nitrogens with two attached hydrogens (primary N) is 1. The van der Waals surface area contributed by atoms with Crippen molar-refractivity contribution in [1.82, 2.24) is 9.97 Å². The van der Waals surface area contributed by atoms with Gasteiger partial charge in [-0.05, 0) is 19.8 Å². The minimum absolute atomic E-state index is 0.149. The Morgan fingerprint density at radius 3 is 3.12 bits per heavy atom. The first kappa shape index (κ1) is 12.3. The van der Waals surface area contributed by atoms with Crippen LogP contribution in [0.2, 0.25) is 5.02 Å². The van der Waals surface area contributed by atoms with Gasteiger partial charge in [0.1, 0.15) is 5.02 Å². The van der Waals surface area contributed by atoms with Crippen LogP contribution in [-0.2, 0) is 4.74 Å². The Morgan fingerprint density at radius 2 is 2.47 bits per heavy atom. The number of rotatable bonds is 4. The zero-order chi connectivity index (χ0) is 12.3. The fourth-order valence-electron chi connectivity index (χ4n) is 1.84. The van der Waals surface area contributed by atoms with E-state index in [9.17, 15) is 0 Å². The molecule has 2 heterocycles. The Labute approximate surface area is 105 Å². The summed E-state index contributed by atoms with van der Waals surface area (Å²) in [6.45, 7) is 2.87. The molecule has 1 aromatic heterocycles. The number of ether oxygens (including phenoxy) is 1. The molecule has 0 radical (unpaired) electrons. The van der Waals surface area contributed by atoms with Gasteiger partial charge < -0.3 is 10.1 Å². The SMILES string of the molecule is CC(Nc1nc(NN)ncc1Cl)C1CCCO1. The summed E-state index contributed by atoms with van der Waals surface area (Å²) in [7, 11) is 0. The molecule has 4 N–H and O–H groups in total. The number of hydrogen-bond acceptors (Lipinski definition) is 6. The second-order valence-electron chi connectivity index (χ2n) is 4.02. The van der Waals surface area contributed by atoms with Gasteiger partial charge in [0.25, 0.3) is 0 Å². The Balaban J connectivity index is 2.06. The molecule has 1 saturated heterocycles. The van der Waals surface area contributed by atoms with Crippen LogP contribution < -0.4 is 16.6 Å². The highest BCUT2D eigenvalue weighted by Crippen LogP contribution is 2.23. The normalized spacial score (nSPS) is 21.2. The monoisotopic (exact) mass is 257 g/mol. The lowest BCUT2D eigenvalue weighted by Gasteiger charge is -2.21. The standard InChI is InChI=1S/C10H16ClN5O/c1-6(8-3-2-4-17-8)14-9-7(11)5-13-10(15-9)16-12/h5-6,8H,2-4,12H2,1H3,(H2,13,14,15,16). The zero-order valence-corrected chi connectivity index (χ0v) is 10.4. The van der Waals surface area contributed by atoms with Crippen LogP contribution in [0.25, 0.3) is 0 Å². The molecule has 2 atom stereocenters. The average Bonchev–Trinajstić information content (AvgIpc) is 2.85. The van der Waals surface area contributed by atoms with E-state index < -0.39 is 0 Å². The summed E-state index contributed by atoms with van der Waals surface area (Å²) in [6, 6.07) is 0.149. The van der Waals surface area contributed by atoms with Crippen molar-refractivity contribution in [2.45, 2.75) is 31.9 Å². The van der Waals surface area contributed by atoms with Crippen molar-refractivity contribution in [3.8, 4) is 0 Å². The number of hydrazine groups is 1. The summed E-state index contributed by atoms with van der Waals surface area (Å²) < 4.78 is 5.59. The van der Waals surface area contributed by atoms with Gasteiger partial charge in [0.15, 0.2) is 5.82 Å². The predicted molar refractivity (Wildman–Crippen MR) is 66.9 cm³/mol. The number of hydrogen-bond donors (Lipinski definition) is 3. The lowest BCUT2D eigenvalue weighted by molar-refractivity contribution is 0.0995. The Morgan fingerprint density at radius 1 is 1.65 bits per heavy atom. The summed E-state index contributed by atoms with van der Waals surface area (Å²) in [4.78, 5) is 8.07. The van der Waals surface area contributed by atoms with Crippen LogP contribution in [0.3, 0.4) is 0 Å². The summed E-state index contributed by atoms with van der Waals surface area (Å²) in [5.41, 5.74) is 2.39. The van der Waals surface area contributed by atoms with Crippen molar-refractivity contribution in [3.05, 3.63) is 11.2 Å². The van der Waals surface area contributed by atoms with Crippen LogP contribution in [0, 0.1) is 0 Å². The Kier molecular flexibility index (Phi) is 3.98. The molecule has 2 unspecified atom stereocenters. The van der Waals surface area contributed by atoms with Gasteiger partial charge in [0.05, 0.1) is 18.3 Å². The topological polar surface area (TPSA) is 85.1 Å². The number of aromatic nitrogens is 2. The van der Waals surface area contributed by atoms with E-state index in [1.165, 1.54) is 6.20 Å². The first-order valence-corrected chi connectivity index (χ1v) is 5.96. The third-order valence-corrected chi connectivity index (χ3v) is 3.04. The summed E-state index contributed by atoms with van der Waals surface area (Å²) in [6.07, 6.45) is 3.87. The molecule has 0 saturated carbocycles. The number of nitrogen functional groups attached to an aromatic ring is 1. The zero-order valence-electron chi connectivity index (χ0n) is 9.61. The van der Waals surface area contributed by atoms with Gasteiger partial charge in [-0.2, -0.15) is 4.98 Å². The molecule has 0 bridgehead atoms. The van der Waals surface area contributed by atoms with E-state index in [1.807, 2.05) is 6.92 Å². The predicted octanol–water partition coefficient (Wildman–Crippen LogP) is 1.39. The molecule has 1 aliphatic rings. The summed E-state index contributed by atoms with van der Waals surface area (Å²) >= 11 is 6.01. The van der Waals surface area contributed by atoms with Crippen LogP contribution in [0.1, 0.15) is 19.8 Å². The second kappa shape index (κ2) is 5.48. The molecule has 1 aromatic rings. The molecule has 6 nitrogen and oxygen atoms in total. The fourth-order valence-corrected chi connectivity index (χ4v) is 1.99. The van der Waals surface area contributed by atoms with E-state index >= 15 is 0 Å². The minimum Gasteiger partial charge on any atom is -0.376 e. The summed E-state index contributed by atoms with van der Waals surface area (Å²) in [5.74, 6) is 6.15. The molecule has 17 heavy (non-hydrogen) atoms. The molecule has 0 aromatic carbocycles. The van der Waals surface area contributed by atoms with E-state index in [-0.39, 0.29) is 12.1 Å². The largest absolute Gasteiger partial charge is 0.376 e. The van der Waals surface area contributed by atoms with Crippen LogP contribution in [-0.4, -0.2) is 28.7 Å². The van der Waals surface area contributed by atoms with E-state index in [2.05, 4.69) is 20.7 Å². The third-order valence-electron chi connectivity index (χ3n) is 2.76. The number of nitrogens with zero attached hydrogens (tertiary/aromatic N) is 2. The fraction of sp³-hybridized carbons (Fsp3) is 0.600. The van der Waals surface area contributed by atoms with Crippen molar-refractivity contribution < 1.29 is 4.74 Å². The third kappa shape index (κ3) is 2.96. The average molecular weight is 258 g/mol.